The lowest BCUT2D eigenvalue weighted by Crippen LogP contribution is -2.48. The number of sulfonamides is 1. The van der Waals surface area contributed by atoms with Gasteiger partial charge in [0.05, 0.1) is 40.0 Å². The zero-order chi connectivity index (χ0) is 20.4. The molecule has 29 heavy (non-hydrogen) atoms. The Hall–Kier alpha value is -1.65. The van der Waals surface area contributed by atoms with Gasteiger partial charge in [0.1, 0.15) is 0 Å². The van der Waals surface area contributed by atoms with Crippen molar-refractivity contribution >= 4 is 44.7 Å². The summed E-state index contributed by atoms with van der Waals surface area (Å²) in [6, 6.07) is 6.38. The topological polar surface area (TPSA) is 78.9 Å². The zero-order valence-electron chi connectivity index (χ0n) is 15.7. The molecule has 2 fully saturated rings. The number of piperazine rings is 1. The van der Waals surface area contributed by atoms with Gasteiger partial charge in [-0.25, -0.2) is 8.42 Å². The first-order chi connectivity index (χ1) is 13.9. The molecule has 11 heteroatoms. The summed E-state index contributed by atoms with van der Waals surface area (Å²) >= 11 is 11.9. The summed E-state index contributed by atoms with van der Waals surface area (Å²) in [4.78, 5) is 4.42. The zero-order valence-corrected chi connectivity index (χ0v) is 18.0. The average molecular weight is 458 g/mol. The first-order valence-corrected chi connectivity index (χ1v) is 11.5. The molecule has 1 aromatic carbocycles. The number of rotatable bonds is 4. The van der Waals surface area contributed by atoms with Gasteiger partial charge in [0.15, 0.2) is 5.82 Å². The number of hydrogen-bond acceptors (Lipinski definition) is 7. The van der Waals surface area contributed by atoms with Crippen LogP contribution in [-0.4, -0.2) is 75.4 Å². The molecular weight excluding hydrogens is 437 g/mol. The van der Waals surface area contributed by atoms with Crippen molar-refractivity contribution in [1.29, 1.82) is 0 Å². The minimum Gasteiger partial charge on any atom is -0.378 e. The van der Waals surface area contributed by atoms with E-state index in [4.69, 9.17) is 27.9 Å². The van der Waals surface area contributed by atoms with Crippen LogP contribution in [0.25, 0.3) is 0 Å². The van der Waals surface area contributed by atoms with Crippen molar-refractivity contribution in [1.82, 2.24) is 14.5 Å². The number of ether oxygens (including phenoxy) is 1. The van der Waals surface area contributed by atoms with E-state index in [-0.39, 0.29) is 9.92 Å². The molecule has 8 nitrogen and oxygen atoms in total. The molecule has 0 radical (unpaired) electrons. The summed E-state index contributed by atoms with van der Waals surface area (Å²) in [6.07, 6.45) is 1.72. The Balaban J connectivity index is 1.44. The second-order valence-electron chi connectivity index (χ2n) is 6.84. The van der Waals surface area contributed by atoms with Crippen molar-refractivity contribution in [2.24, 2.45) is 0 Å². The van der Waals surface area contributed by atoms with Crippen LogP contribution in [0.15, 0.2) is 35.4 Å². The highest BCUT2D eigenvalue weighted by Gasteiger charge is 2.29. The van der Waals surface area contributed by atoms with Gasteiger partial charge in [-0.3, -0.25) is 0 Å². The second kappa shape index (κ2) is 8.61. The first kappa shape index (κ1) is 20.6. The highest BCUT2D eigenvalue weighted by atomic mass is 35.5. The van der Waals surface area contributed by atoms with Crippen LogP contribution in [0, 0.1) is 0 Å². The van der Waals surface area contributed by atoms with Crippen LogP contribution in [0.3, 0.4) is 0 Å². The maximum absolute atomic E-state index is 12.9. The van der Waals surface area contributed by atoms with Gasteiger partial charge in [-0.15, -0.1) is 5.10 Å². The van der Waals surface area contributed by atoms with Gasteiger partial charge in [-0.05, 0) is 18.2 Å². The fourth-order valence-corrected chi connectivity index (χ4v) is 5.25. The minimum absolute atomic E-state index is 0.153. The van der Waals surface area contributed by atoms with E-state index in [2.05, 4.69) is 20.0 Å². The Labute approximate surface area is 180 Å². The Morgan fingerprint density at radius 3 is 2.31 bits per heavy atom. The van der Waals surface area contributed by atoms with Crippen molar-refractivity contribution in [2.45, 2.75) is 4.90 Å². The molecule has 2 aliphatic heterocycles. The lowest BCUT2D eigenvalue weighted by molar-refractivity contribution is 0.122. The Morgan fingerprint density at radius 2 is 1.62 bits per heavy atom. The van der Waals surface area contributed by atoms with Crippen molar-refractivity contribution in [3.05, 3.63) is 40.5 Å². The summed E-state index contributed by atoms with van der Waals surface area (Å²) < 4.78 is 32.7. The van der Waals surface area contributed by atoms with E-state index in [1.807, 2.05) is 6.07 Å². The van der Waals surface area contributed by atoms with Crippen molar-refractivity contribution < 1.29 is 13.2 Å². The number of anilines is 2. The summed E-state index contributed by atoms with van der Waals surface area (Å²) in [6.45, 7) is 4.80. The highest BCUT2D eigenvalue weighted by Crippen LogP contribution is 2.28. The number of nitrogens with zero attached hydrogens (tertiary/aromatic N) is 5. The number of aromatic nitrogens is 2. The van der Waals surface area contributed by atoms with E-state index in [1.54, 1.807) is 6.20 Å². The largest absolute Gasteiger partial charge is 0.378 e. The predicted molar refractivity (Wildman–Crippen MR) is 112 cm³/mol. The van der Waals surface area contributed by atoms with Crippen LogP contribution in [0.2, 0.25) is 10.0 Å². The Bertz CT molecular complexity index is 977. The van der Waals surface area contributed by atoms with E-state index in [0.717, 1.165) is 24.6 Å². The molecule has 2 aromatic rings. The smallest absolute Gasteiger partial charge is 0.243 e. The Morgan fingerprint density at radius 1 is 0.897 bits per heavy atom. The maximum Gasteiger partial charge on any atom is 0.243 e. The van der Waals surface area contributed by atoms with Crippen LogP contribution in [0.5, 0.6) is 0 Å². The molecule has 0 amide bonds. The lowest BCUT2D eigenvalue weighted by Gasteiger charge is -2.35. The molecule has 2 saturated heterocycles. The molecule has 0 saturated carbocycles. The molecule has 156 valence electrons. The number of morpholine rings is 1. The SMILES string of the molecule is O=S(=O)(c1ccc(Cl)c(Cl)c1)N1CCN(c2cnnc(N3CCOCC3)c2)CC1. The summed E-state index contributed by atoms with van der Waals surface area (Å²) in [5.74, 6) is 0.816. The normalized spacial score (nSPS) is 18.8. The number of hydrogen-bond donors (Lipinski definition) is 0. The van der Waals surface area contributed by atoms with Crippen LogP contribution in [0.4, 0.5) is 11.5 Å². The van der Waals surface area contributed by atoms with Crippen LogP contribution >= 0.6 is 23.2 Å². The number of halogens is 2. The minimum atomic E-state index is -3.62. The first-order valence-electron chi connectivity index (χ1n) is 9.31. The molecule has 0 aliphatic carbocycles. The van der Waals surface area contributed by atoms with Gasteiger partial charge < -0.3 is 14.5 Å². The van der Waals surface area contributed by atoms with E-state index in [9.17, 15) is 8.42 Å². The third-order valence-corrected chi connectivity index (χ3v) is 7.73. The maximum atomic E-state index is 12.9. The average Bonchev–Trinajstić information content (AvgIpc) is 2.76. The molecule has 0 spiro atoms. The van der Waals surface area contributed by atoms with Crippen LogP contribution in [-0.2, 0) is 14.8 Å². The van der Waals surface area contributed by atoms with E-state index >= 15 is 0 Å². The number of benzene rings is 1. The van der Waals surface area contributed by atoms with Gasteiger partial charge in [-0.2, -0.15) is 9.40 Å². The predicted octanol–water partition coefficient (Wildman–Crippen LogP) is 2.13. The molecular formula is C18H21Cl2N5O3S. The van der Waals surface area contributed by atoms with Crippen molar-refractivity contribution in [3.63, 3.8) is 0 Å². The molecule has 3 heterocycles. The molecule has 0 bridgehead atoms. The third kappa shape index (κ3) is 4.44. The Kier molecular flexibility index (Phi) is 6.12. The monoisotopic (exact) mass is 457 g/mol. The molecule has 0 atom stereocenters. The van der Waals surface area contributed by atoms with Gasteiger partial charge >= 0.3 is 0 Å². The van der Waals surface area contributed by atoms with E-state index in [0.29, 0.717) is 44.4 Å². The molecule has 0 N–H and O–H groups in total. The fourth-order valence-electron chi connectivity index (χ4n) is 3.44. The van der Waals surface area contributed by atoms with Gasteiger partial charge in [0.2, 0.25) is 10.0 Å². The van der Waals surface area contributed by atoms with Gasteiger partial charge in [-0.1, -0.05) is 23.2 Å². The summed E-state index contributed by atoms with van der Waals surface area (Å²) in [7, 11) is -3.62. The molecule has 2 aliphatic rings. The van der Waals surface area contributed by atoms with Gasteiger partial charge in [0.25, 0.3) is 0 Å². The lowest BCUT2D eigenvalue weighted by atomic mass is 10.3. The highest BCUT2D eigenvalue weighted by molar-refractivity contribution is 7.89. The van der Waals surface area contributed by atoms with Crippen molar-refractivity contribution in [3.8, 4) is 0 Å². The van der Waals surface area contributed by atoms with Crippen LogP contribution < -0.4 is 9.80 Å². The quantitative estimate of drug-likeness (QED) is 0.695. The third-order valence-electron chi connectivity index (χ3n) is 5.09. The summed E-state index contributed by atoms with van der Waals surface area (Å²) in [5.41, 5.74) is 0.938. The standard InChI is InChI=1S/C18H21Cl2N5O3S/c19-16-2-1-15(12-17(16)20)29(26,27)25-5-3-23(4-6-25)14-11-18(22-21-13-14)24-7-9-28-10-8-24/h1-2,11-13H,3-10H2. The molecule has 1 aromatic heterocycles. The fraction of sp³-hybridized carbons (Fsp3) is 0.444. The van der Waals surface area contributed by atoms with E-state index < -0.39 is 10.0 Å². The van der Waals surface area contributed by atoms with E-state index in [1.165, 1.54) is 22.5 Å². The van der Waals surface area contributed by atoms with Gasteiger partial charge in [0, 0.05) is 45.3 Å². The van der Waals surface area contributed by atoms with Crippen molar-refractivity contribution in [2.75, 3.05) is 62.3 Å². The second-order valence-corrected chi connectivity index (χ2v) is 9.59. The molecule has 0 unspecified atom stereocenters. The van der Waals surface area contributed by atoms with Crippen LogP contribution in [0.1, 0.15) is 0 Å². The molecule has 4 rings (SSSR count). The summed E-state index contributed by atoms with van der Waals surface area (Å²) in [5, 5.41) is 8.92.